The Morgan fingerprint density at radius 2 is 1.97 bits per heavy atom. The molecule has 1 saturated heterocycles. The number of aryl methyl sites for hydroxylation is 1. The third-order valence-corrected chi connectivity index (χ3v) is 5.90. The highest BCUT2D eigenvalue weighted by Crippen LogP contribution is 2.40. The van der Waals surface area contributed by atoms with E-state index < -0.39 is 5.97 Å². The van der Waals surface area contributed by atoms with Crippen molar-refractivity contribution in [1.29, 1.82) is 0 Å². The van der Waals surface area contributed by atoms with Gasteiger partial charge in [0.05, 0.1) is 12.7 Å². The van der Waals surface area contributed by atoms with Crippen molar-refractivity contribution in [3.05, 3.63) is 52.1 Å². The molecule has 0 spiro atoms. The topological polar surface area (TPSA) is 84.7 Å². The van der Waals surface area contributed by atoms with Gasteiger partial charge in [0.2, 0.25) is 0 Å². The first-order valence-corrected chi connectivity index (χ1v) is 9.83. The van der Waals surface area contributed by atoms with E-state index in [4.69, 9.17) is 21.4 Å². The molecule has 154 valence electrons. The van der Waals surface area contributed by atoms with E-state index in [1.807, 2.05) is 0 Å². The maximum absolute atomic E-state index is 13.4. The summed E-state index contributed by atoms with van der Waals surface area (Å²) in [5.74, 6) is -0.869. The average Bonchev–Trinajstić information content (AvgIpc) is 3.31. The van der Waals surface area contributed by atoms with E-state index in [2.05, 4.69) is 5.10 Å². The number of fused-ring (bicyclic) bond motifs is 1. The molecule has 1 aromatic heterocycles. The van der Waals surface area contributed by atoms with Crippen molar-refractivity contribution in [2.45, 2.75) is 32.5 Å². The summed E-state index contributed by atoms with van der Waals surface area (Å²) in [7, 11) is 0. The van der Waals surface area contributed by atoms with Crippen LogP contribution in [-0.2, 0) is 11.3 Å². The Labute approximate surface area is 172 Å². The highest BCUT2D eigenvalue weighted by Gasteiger charge is 2.43. The molecule has 1 amide bonds. The van der Waals surface area contributed by atoms with E-state index in [0.29, 0.717) is 47.7 Å². The maximum atomic E-state index is 13.4. The summed E-state index contributed by atoms with van der Waals surface area (Å²) < 4.78 is 20.5. The summed E-state index contributed by atoms with van der Waals surface area (Å²) in [6.07, 6.45) is 3.18. The Kier molecular flexibility index (Phi) is 5.31. The number of rotatable bonds is 4. The van der Waals surface area contributed by atoms with Crippen LogP contribution in [0.25, 0.3) is 0 Å². The lowest BCUT2D eigenvalue weighted by atomic mass is 10.0. The number of hydrogen-bond donors (Lipinski definition) is 1. The van der Waals surface area contributed by atoms with Gasteiger partial charge in [-0.25, -0.2) is 14.0 Å². The molecule has 0 bridgehead atoms. The van der Waals surface area contributed by atoms with Gasteiger partial charge < -0.3 is 14.7 Å². The molecule has 1 N–H and O–H groups in total. The largest absolute Gasteiger partial charge is 0.476 e. The fourth-order valence-electron chi connectivity index (χ4n) is 4.36. The zero-order valence-electron chi connectivity index (χ0n) is 15.8. The number of benzene rings is 1. The van der Waals surface area contributed by atoms with Crippen molar-refractivity contribution in [1.82, 2.24) is 14.7 Å². The van der Waals surface area contributed by atoms with Crippen LogP contribution in [0.2, 0.25) is 5.02 Å². The normalized spacial score (nSPS) is 23.4. The minimum atomic E-state index is -1.15. The van der Waals surface area contributed by atoms with Crippen LogP contribution in [0.1, 0.15) is 34.5 Å². The van der Waals surface area contributed by atoms with Crippen molar-refractivity contribution in [2.75, 3.05) is 13.1 Å². The van der Waals surface area contributed by atoms with Gasteiger partial charge in [0.25, 0.3) is 0 Å². The summed E-state index contributed by atoms with van der Waals surface area (Å²) in [5, 5.41) is 13.4. The minimum absolute atomic E-state index is 0.0647. The molecule has 29 heavy (non-hydrogen) atoms. The van der Waals surface area contributed by atoms with Crippen LogP contribution in [-0.4, -0.2) is 51.0 Å². The van der Waals surface area contributed by atoms with Gasteiger partial charge in [-0.2, -0.15) is 9.78 Å². The molecule has 7 nitrogen and oxygen atoms in total. The van der Waals surface area contributed by atoms with E-state index >= 15 is 0 Å². The number of carboxylic acid groups (broad SMARTS) is 1. The third kappa shape index (κ3) is 4.13. The van der Waals surface area contributed by atoms with Crippen LogP contribution in [0.15, 0.2) is 24.4 Å². The van der Waals surface area contributed by atoms with E-state index in [1.54, 1.807) is 17.9 Å². The number of aromatic nitrogens is 2. The van der Waals surface area contributed by atoms with Crippen LogP contribution in [0, 0.1) is 24.6 Å². The van der Waals surface area contributed by atoms with Gasteiger partial charge in [-0.3, -0.25) is 0 Å². The second-order valence-corrected chi connectivity index (χ2v) is 8.24. The van der Waals surface area contributed by atoms with Crippen LogP contribution < -0.4 is 0 Å². The Balaban J connectivity index is 1.32. The number of halogens is 2. The molecule has 2 aliphatic rings. The predicted molar refractivity (Wildman–Crippen MR) is 102 cm³/mol. The Morgan fingerprint density at radius 3 is 2.55 bits per heavy atom. The van der Waals surface area contributed by atoms with E-state index in [-0.39, 0.29) is 23.6 Å². The van der Waals surface area contributed by atoms with Crippen molar-refractivity contribution < 1.29 is 23.8 Å². The standard InChI is InChI=1S/C20H21ClFN3O4/c1-11-7-25(23-18(11)19(26)27)20(28)24-8-13-4-17(5-14(13)9-24)29-10-12-2-15(21)6-16(22)3-12/h2-3,6-7,13-14,17H,4-5,8-10H2,1H3,(H,26,27). The Bertz CT molecular complexity index is 929. The molecule has 1 aliphatic heterocycles. The average molecular weight is 422 g/mol. The molecule has 2 atom stereocenters. The van der Waals surface area contributed by atoms with Gasteiger partial charge >= 0.3 is 12.0 Å². The van der Waals surface area contributed by atoms with Crippen molar-refractivity contribution in [3.8, 4) is 0 Å². The number of nitrogens with zero attached hydrogens (tertiary/aromatic N) is 3. The van der Waals surface area contributed by atoms with Gasteiger partial charge in [0.1, 0.15) is 5.82 Å². The smallest absolute Gasteiger partial charge is 0.356 e. The number of likely N-dealkylation sites (tertiary alicyclic amines) is 1. The Hall–Kier alpha value is -2.45. The zero-order chi connectivity index (χ0) is 20.7. The molecule has 2 fully saturated rings. The third-order valence-electron chi connectivity index (χ3n) is 5.68. The summed E-state index contributed by atoms with van der Waals surface area (Å²) in [6, 6.07) is 4.07. The first kappa shape index (κ1) is 19.8. The fourth-order valence-corrected chi connectivity index (χ4v) is 4.60. The lowest BCUT2D eigenvalue weighted by Gasteiger charge is -2.19. The summed E-state index contributed by atoms with van der Waals surface area (Å²) in [4.78, 5) is 25.5. The fraction of sp³-hybridized carbons (Fsp3) is 0.450. The first-order chi connectivity index (χ1) is 13.8. The SMILES string of the molecule is Cc1cn(C(=O)N2CC3CC(OCc4cc(F)cc(Cl)c4)CC3C2)nc1C(=O)O. The van der Waals surface area contributed by atoms with Gasteiger partial charge in [-0.05, 0) is 55.4 Å². The Morgan fingerprint density at radius 1 is 1.28 bits per heavy atom. The molecule has 2 aromatic rings. The number of carboxylic acids is 1. The molecular formula is C20H21ClFN3O4. The first-order valence-electron chi connectivity index (χ1n) is 9.45. The maximum Gasteiger partial charge on any atom is 0.356 e. The quantitative estimate of drug-likeness (QED) is 0.815. The number of ether oxygens (including phenoxy) is 1. The van der Waals surface area contributed by atoms with E-state index in [9.17, 15) is 14.0 Å². The van der Waals surface area contributed by atoms with Crippen LogP contribution in [0.5, 0.6) is 0 Å². The number of aromatic carboxylic acids is 1. The highest BCUT2D eigenvalue weighted by atomic mass is 35.5. The molecule has 1 aliphatic carbocycles. The molecule has 1 aromatic carbocycles. The number of carbonyl (C=O) groups excluding carboxylic acids is 1. The number of hydrogen-bond acceptors (Lipinski definition) is 4. The molecule has 2 unspecified atom stereocenters. The van der Waals surface area contributed by atoms with Crippen molar-refractivity contribution in [3.63, 3.8) is 0 Å². The highest BCUT2D eigenvalue weighted by molar-refractivity contribution is 6.30. The number of amides is 1. The summed E-state index contributed by atoms with van der Waals surface area (Å²) in [6.45, 7) is 3.11. The lowest BCUT2D eigenvalue weighted by Crippen LogP contribution is -2.34. The summed E-state index contributed by atoms with van der Waals surface area (Å²) in [5.41, 5.74) is 1.05. The molecule has 1 saturated carbocycles. The molecule has 0 radical (unpaired) electrons. The molecule has 2 heterocycles. The van der Waals surface area contributed by atoms with Crippen LogP contribution in [0.4, 0.5) is 9.18 Å². The van der Waals surface area contributed by atoms with Crippen molar-refractivity contribution in [2.24, 2.45) is 11.8 Å². The van der Waals surface area contributed by atoms with Crippen molar-refractivity contribution >= 4 is 23.6 Å². The zero-order valence-corrected chi connectivity index (χ0v) is 16.6. The second-order valence-electron chi connectivity index (χ2n) is 7.80. The van der Waals surface area contributed by atoms with E-state index in [1.165, 1.54) is 18.3 Å². The monoisotopic (exact) mass is 421 g/mol. The van der Waals surface area contributed by atoms with E-state index in [0.717, 1.165) is 17.5 Å². The second kappa shape index (κ2) is 7.76. The molecule has 9 heteroatoms. The van der Waals surface area contributed by atoms with Gasteiger partial charge in [0, 0.05) is 29.9 Å². The molecular weight excluding hydrogens is 401 g/mol. The van der Waals surface area contributed by atoms with Gasteiger partial charge in [-0.1, -0.05) is 11.6 Å². The van der Waals surface area contributed by atoms with Crippen LogP contribution >= 0.6 is 11.6 Å². The van der Waals surface area contributed by atoms with Gasteiger partial charge in [0.15, 0.2) is 5.69 Å². The minimum Gasteiger partial charge on any atom is -0.476 e. The molecule has 4 rings (SSSR count). The van der Waals surface area contributed by atoms with Crippen LogP contribution in [0.3, 0.4) is 0 Å². The predicted octanol–water partition coefficient (Wildman–Crippen LogP) is 3.58. The lowest BCUT2D eigenvalue weighted by molar-refractivity contribution is 0.0382. The summed E-state index contributed by atoms with van der Waals surface area (Å²) >= 11 is 5.88. The van der Waals surface area contributed by atoms with Gasteiger partial charge in [-0.15, -0.1) is 0 Å². The number of carbonyl (C=O) groups is 2.